The van der Waals surface area contributed by atoms with Gasteiger partial charge in [-0.15, -0.1) is 0 Å². The third-order valence-electron chi connectivity index (χ3n) is 9.00. The first-order valence-electron chi connectivity index (χ1n) is 20.5. The summed E-state index contributed by atoms with van der Waals surface area (Å²) in [6.45, 7) is 2.59. The zero-order chi connectivity index (χ0) is 37.4. The minimum absolute atomic E-state index is 0.111. The van der Waals surface area contributed by atoms with Crippen LogP contribution in [0.2, 0.25) is 0 Å². The maximum absolute atomic E-state index is 11.7. The molecule has 0 aliphatic rings. The van der Waals surface area contributed by atoms with Gasteiger partial charge in [-0.1, -0.05) is 141 Å². The molecule has 0 spiro atoms. The number of aliphatic hydroxyl groups excluding tert-OH is 4. The van der Waals surface area contributed by atoms with E-state index in [2.05, 4.69) is 38.2 Å². The van der Waals surface area contributed by atoms with Gasteiger partial charge in [0.1, 0.15) is 12.7 Å². The predicted octanol–water partition coefficient (Wildman–Crippen LogP) is 9.23. The van der Waals surface area contributed by atoms with Crippen LogP contribution < -0.4 is 0 Å². The Hall–Kier alpha value is -1.58. The number of hydrogen-bond donors (Lipinski definition) is 5. The van der Waals surface area contributed by atoms with E-state index in [0.29, 0.717) is 12.8 Å². The average Bonchev–Trinajstić information content (AvgIpc) is 3.13. The molecule has 0 saturated heterocycles. The molecule has 0 radical (unpaired) electrons. The Morgan fingerprint density at radius 1 is 0.540 bits per heavy atom. The standard InChI is InChI=1S/2C21H40O4/c1-2-3-4-5-6-7-8-9-10-11-12-13-14-15-16-17-21(24)25-19-20(23)18-22;1-2-3-4-5-6-7-8-9-10-11-12-13-14-15-16-17-20(24)21(25,18-22)19-23/h9-10,20,22-23H,2-8,11-19H2,1H3;9-10,22-23,25H,2-8,11-19H2,1H3/b2*10-9-. The van der Waals surface area contributed by atoms with Crippen molar-refractivity contribution in [2.45, 2.75) is 205 Å². The van der Waals surface area contributed by atoms with Crippen LogP contribution >= 0.6 is 0 Å². The number of rotatable bonds is 36. The van der Waals surface area contributed by atoms with Crippen molar-refractivity contribution in [3.05, 3.63) is 24.3 Å². The monoisotopic (exact) mass is 713 g/mol. The highest BCUT2D eigenvalue weighted by Gasteiger charge is 2.33. The van der Waals surface area contributed by atoms with Gasteiger partial charge in [-0.3, -0.25) is 9.59 Å². The minimum atomic E-state index is -1.96. The molecule has 0 bridgehead atoms. The number of ketones is 1. The summed E-state index contributed by atoms with van der Waals surface area (Å²) in [5.41, 5.74) is -1.96. The van der Waals surface area contributed by atoms with Crippen LogP contribution in [0, 0.1) is 0 Å². The Morgan fingerprint density at radius 3 is 1.24 bits per heavy atom. The van der Waals surface area contributed by atoms with Gasteiger partial charge < -0.3 is 30.3 Å². The first kappa shape index (κ1) is 50.5. The fourth-order valence-corrected chi connectivity index (χ4v) is 5.47. The molecule has 0 aromatic carbocycles. The van der Waals surface area contributed by atoms with Gasteiger partial charge in [0.05, 0.1) is 19.8 Å². The molecule has 0 saturated carbocycles. The molecular weight excluding hydrogens is 632 g/mol. The molecule has 0 amide bonds. The van der Waals surface area contributed by atoms with Crippen molar-refractivity contribution < 1.29 is 39.9 Å². The summed E-state index contributed by atoms with van der Waals surface area (Å²) >= 11 is 0. The number of unbranched alkanes of at least 4 members (excludes halogenated alkanes) is 22. The second-order valence-corrected chi connectivity index (χ2v) is 14.0. The van der Waals surface area contributed by atoms with Crippen molar-refractivity contribution in [1.29, 1.82) is 0 Å². The van der Waals surface area contributed by atoms with Crippen LogP contribution in [-0.4, -0.2) is 75.4 Å². The van der Waals surface area contributed by atoms with E-state index in [1.54, 1.807) is 0 Å². The van der Waals surface area contributed by atoms with E-state index in [9.17, 15) is 14.7 Å². The van der Waals surface area contributed by atoms with Crippen molar-refractivity contribution >= 4 is 11.8 Å². The van der Waals surface area contributed by atoms with E-state index in [1.165, 1.54) is 109 Å². The fourth-order valence-electron chi connectivity index (χ4n) is 5.47. The first-order valence-corrected chi connectivity index (χ1v) is 20.5. The van der Waals surface area contributed by atoms with Gasteiger partial charge in [0.2, 0.25) is 0 Å². The molecule has 0 fully saturated rings. The van der Waals surface area contributed by atoms with Crippen LogP contribution in [0.15, 0.2) is 24.3 Å². The lowest BCUT2D eigenvalue weighted by atomic mass is 9.95. The van der Waals surface area contributed by atoms with Crippen LogP contribution in [0.1, 0.15) is 194 Å². The highest BCUT2D eigenvalue weighted by Crippen LogP contribution is 2.14. The summed E-state index contributed by atoms with van der Waals surface area (Å²) in [4.78, 5) is 23.1. The molecule has 1 atom stereocenters. The van der Waals surface area contributed by atoms with Crippen LogP contribution in [0.25, 0.3) is 0 Å². The summed E-state index contributed by atoms with van der Waals surface area (Å²) in [5, 5.41) is 45.2. The van der Waals surface area contributed by atoms with E-state index in [4.69, 9.17) is 25.2 Å². The fraction of sp³-hybridized carbons (Fsp3) is 0.857. The molecule has 0 rings (SSSR count). The van der Waals surface area contributed by atoms with E-state index in [-0.39, 0.29) is 25.6 Å². The van der Waals surface area contributed by atoms with Gasteiger partial charge in [0.15, 0.2) is 11.4 Å². The Bertz CT molecular complexity index is 778. The number of ether oxygens (including phenoxy) is 1. The lowest BCUT2D eigenvalue weighted by molar-refractivity contribution is -0.147. The summed E-state index contributed by atoms with van der Waals surface area (Å²) in [5.74, 6) is -0.750. The molecule has 8 heteroatoms. The van der Waals surface area contributed by atoms with Crippen molar-refractivity contribution in [2.24, 2.45) is 0 Å². The van der Waals surface area contributed by atoms with Gasteiger partial charge in [0, 0.05) is 12.8 Å². The molecule has 296 valence electrons. The first-order chi connectivity index (χ1) is 24.3. The normalized spacial score (nSPS) is 12.4. The number of esters is 1. The van der Waals surface area contributed by atoms with E-state index in [0.717, 1.165) is 51.4 Å². The summed E-state index contributed by atoms with van der Waals surface area (Å²) in [6, 6.07) is 0. The lowest BCUT2D eigenvalue weighted by Gasteiger charge is -2.21. The topological polar surface area (TPSA) is 145 Å². The predicted molar refractivity (Wildman–Crippen MR) is 207 cm³/mol. The van der Waals surface area contributed by atoms with Crippen molar-refractivity contribution in [3.8, 4) is 0 Å². The highest BCUT2D eigenvalue weighted by molar-refractivity contribution is 5.87. The van der Waals surface area contributed by atoms with E-state index in [1.807, 2.05) is 0 Å². The summed E-state index contributed by atoms with van der Waals surface area (Å²) < 4.78 is 4.86. The second-order valence-electron chi connectivity index (χ2n) is 14.0. The molecule has 0 aromatic rings. The zero-order valence-electron chi connectivity index (χ0n) is 32.5. The molecule has 0 aliphatic heterocycles. The molecule has 5 N–H and O–H groups in total. The van der Waals surface area contributed by atoms with Crippen molar-refractivity contribution in [3.63, 3.8) is 0 Å². The number of carbonyl (C=O) groups excluding carboxylic acids is 2. The molecule has 0 heterocycles. The van der Waals surface area contributed by atoms with Gasteiger partial charge in [-0.2, -0.15) is 0 Å². The number of aliphatic hydroxyl groups is 5. The Kier molecular flexibility index (Phi) is 40.6. The molecule has 1 unspecified atom stereocenters. The van der Waals surface area contributed by atoms with Gasteiger partial charge in [0.25, 0.3) is 0 Å². The van der Waals surface area contributed by atoms with Crippen molar-refractivity contribution in [2.75, 3.05) is 26.4 Å². The van der Waals surface area contributed by atoms with Crippen LogP contribution in [-0.2, 0) is 14.3 Å². The van der Waals surface area contributed by atoms with Crippen LogP contribution in [0.4, 0.5) is 0 Å². The summed E-state index contributed by atoms with van der Waals surface area (Å²) in [6.07, 6.45) is 40.4. The molecule has 0 aromatic heterocycles. The van der Waals surface area contributed by atoms with E-state index < -0.39 is 30.7 Å². The minimum Gasteiger partial charge on any atom is -0.463 e. The molecule has 50 heavy (non-hydrogen) atoms. The molecule has 8 nitrogen and oxygen atoms in total. The Balaban J connectivity index is 0. The number of allylic oxidation sites excluding steroid dienone is 4. The third kappa shape index (κ3) is 36.2. The maximum atomic E-state index is 11.7. The highest BCUT2D eigenvalue weighted by atomic mass is 16.5. The van der Waals surface area contributed by atoms with Crippen LogP contribution in [0.3, 0.4) is 0 Å². The summed E-state index contributed by atoms with van der Waals surface area (Å²) in [7, 11) is 0. The largest absolute Gasteiger partial charge is 0.463 e. The second kappa shape index (κ2) is 40.2. The Morgan fingerprint density at radius 2 is 0.880 bits per heavy atom. The quantitative estimate of drug-likeness (QED) is 0.0246. The van der Waals surface area contributed by atoms with Gasteiger partial charge in [-0.05, 0) is 64.2 Å². The van der Waals surface area contributed by atoms with E-state index >= 15 is 0 Å². The zero-order valence-corrected chi connectivity index (χ0v) is 32.5. The van der Waals surface area contributed by atoms with Crippen molar-refractivity contribution in [1.82, 2.24) is 0 Å². The smallest absolute Gasteiger partial charge is 0.305 e. The Labute approximate surface area is 307 Å². The average molecular weight is 713 g/mol. The number of hydrogen-bond acceptors (Lipinski definition) is 8. The van der Waals surface area contributed by atoms with Gasteiger partial charge >= 0.3 is 5.97 Å². The lowest BCUT2D eigenvalue weighted by Crippen LogP contribution is -2.45. The van der Waals surface area contributed by atoms with Gasteiger partial charge in [-0.25, -0.2) is 0 Å². The van der Waals surface area contributed by atoms with Crippen LogP contribution in [0.5, 0.6) is 0 Å². The number of Topliss-reactive ketones (excluding diaryl/α,β-unsaturated/α-hetero) is 1. The molecular formula is C42H80O8. The molecule has 0 aliphatic carbocycles. The maximum Gasteiger partial charge on any atom is 0.305 e. The number of carbonyl (C=O) groups is 2. The SMILES string of the molecule is CCCCCCCC/C=C\CCCCCCCC(=O)C(O)(CO)CO.CCCCCCCC/C=C\CCCCCCCC(=O)OCC(O)CO. The third-order valence-corrected chi connectivity index (χ3v) is 9.00.